The lowest BCUT2D eigenvalue weighted by Crippen LogP contribution is -2.12. The molecule has 0 radical (unpaired) electrons. The van der Waals surface area contributed by atoms with Crippen molar-refractivity contribution in [2.24, 2.45) is 8.44 Å². The number of carbonyl (C=O) groups is 1. The second kappa shape index (κ2) is 11.7. The van der Waals surface area contributed by atoms with Crippen LogP contribution in [0.2, 0.25) is 0 Å². The van der Waals surface area contributed by atoms with Crippen LogP contribution in [0.15, 0.2) is 106 Å². The second-order valence-corrected chi connectivity index (χ2v) is 10.2. The molecule has 5 rings (SSSR count). The Balaban J connectivity index is 1.45. The van der Waals surface area contributed by atoms with Crippen LogP contribution in [0.3, 0.4) is 0 Å². The number of anilines is 1. The zero-order chi connectivity index (χ0) is 25.6. The molecular weight excluding hydrogens is 690 g/mol. The van der Waals surface area contributed by atoms with Crippen molar-refractivity contribution in [1.82, 2.24) is 9.97 Å². The third-order valence-corrected chi connectivity index (χ3v) is 7.02. The maximum Gasteiger partial charge on any atom is 0.255 e. The van der Waals surface area contributed by atoms with Gasteiger partial charge in [0, 0.05) is 44.4 Å². The number of hydrogen-bond acceptors (Lipinski definition) is 4. The Morgan fingerprint density at radius 1 is 0.946 bits per heavy atom. The van der Waals surface area contributed by atoms with Crippen LogP contribution in [-0.2, 0) is 6.42 Å². The maximum atomic E-state index is 13.0. The molecule has 0 unspecified atom stereocenters. The first-order valence-electron chi connectivity index (χ1n) is 11.3. The van der Waals surface area contributed by atoms with E-state index < -0.39 is 21.3 Å². The molecule has 9 heteroatoms. The standard InChI is InChI=1S/C28H19I2N6O/c29-25-17-22(6-7-26(25)35-36-30-31)28(37)34-23-5-1-3-20(16-23)24-15-19(13-18-8-11-32-12-9-18)14-21-4-2-10-33-27(21)24/h1-12,14-17H,13H2,(H,34,37)/q-1. The van der Waals surface area contributed by atoms with E-state index in [9.17, 15) is 4.79 Å². The molecule has 37 heavy (non-hydrogen) atoms. The normalized spacial score (nSPS) is 11.2. The number of hydrogen-bond donors (Lipinski definition) is 1. The van der Waals surface area contributed by atoms with Gasteiger partial charge in [-0.25, -0.2) is 0 Å². The predicted octanol–water partition coefficient (Wildman–Crippen LogP) is 8.47. The van der Waals surface area contributed by atoms with Crippen LogP contribution < -0.4 is 5.32 Å². The maximum absolute atomic E-state index is 13.0. The molecule has 1 N–H and O–H groups in total. The molecule has 0 aliphatic carbocycles. The Hall–Kier alpha value is -3.45. The fraction of sp³-hybridized carbons (Fsp3) is 0.0357. The SMILES string of the molecule is [N-]=IN=Nc1ccc(C(=O)Nc2cccc(-c3cc(Cc4ccncc4)cc4cccnc34)c2)cc1I. The van der Waals surface area contributed by atoms with E-state index in [4.69, 9.17) is 3.56 Å². The summed E-state index contributed by atoms with van der Waals surface area (Å²) in [5.74, 6) is -0.220. The molecule has 0 spiro atoms. The van der Waals surface area contributed by atoms with Crippen molar-refractivity contribution in [2.75, 3.05) is 5.32 Å². The number of halogens is 2. The Morgan fingerprint density at radius 3 is 2.62 bits per heavy atom. The molecule has 0 saturated heterocycles. The Kier molecular flexibility index (Phi) is 7.99. The highest BCUT2D eigenvalue weighted by Crippen LogP contribution is 2.31. The summed E-state index contributed by atoms with van der Waals surface area (Å²) in [5, 5.41) is 8.05. The van der Waals surface area contributed by atoms with Gasteiger partial charge in [-0.15, -0.1) is 29.7 Å². The van der Waals surface area contributed by atoms with Gasteiger partial charge < -0.3 is 8.88 Å². The molecule has 7 nitrogen and oxygen atoms in total. The molecule has 3 aromatic carbocycles. The van der Waals surface area contributed by atoms with Gasteiger partial charge >= 0.3 is 0 Å². The summed E-state index contributed by atoms with van der Waals surface area (Å²) in [6, 6.07) is 25.4. The van der Waals surface area contributed by atoms with Gasteiger partial charge in [0.2, 0.25) is 0 Å². The molecular formula is C28H19I2N6O-. The number of benzene rings is 3. The predicted molar refractivity (Wildman–Crippen MR) is 163 cm³/mol. The number of nitrogens with one attached hydrogen (secondary N) is 1. The molecule has 182 valence electrons. The van der Waals surface area contributed by atoms with Crippen LogP contribution in [0.1, 0.15) is 21.5 Å². The fourth-order valence-electron chi connectivity index (χ4n) is 4.07. The van der Waals surface area contributed by atoms with Gasteiger partial charge in [-0.1, -0.05) is 18.2 Å². The van der Waals surface area contributed by atoms with E-state index in [2.05, 4.69) is 64.5 Å². The summed E-state index contributed by atoms with van der Waals surface area (Å²) in [5.41, 5.74) is 7.07. The lowest BCUT2D eigenvalue weighted by Gasteiger charge is -2.12. The van der Waals surface area contributed by atoms with Gasteiger partial charge in [-0.05, 0) is 106 Å². The number of aromatic nitrogens is 2. The molecule has 0 saturated carbocycles. The molecule has 0 atom stereocenters. The van der Waals surface area contributed by atoms with Crippen molar-refractivity contribution in [2.45, 2.75) is 6.42 Å². The van der Waals surface area contributed by atoms with Gasteiger partial charge in [0.25, 0.3) is 5.91 Å². The number of amides is 1. The lowest BCUT2D eigenvalue weighted by atomic mass is 9.96. The van der Waals surface area contributed by atoms with Gasteiger partial charge in [0.05, 0.1) is 11.2 Å². The summed E-state index contributed by atoms with van der Waals surface area (Å²) in [7, 11) is 0. The zero-order valence-corrected chi connectivity index (χ0v) is 23.7. The van der Waals surface area contributed by atoms with E-state index in [0.717, 1.165) is 32.0 Å². The summed E-state index contributed by atoms with van der Waals surface area (Å²) in [6.07, 6.45) is 6.19. The minimum absolute atomic E-state index is 0.220. The van der Waals surface area contributed by atoms with Gasteiger partial charge in [-0.2, -0.15) is 0 Å². The van der Waals surface area contributed by atoms with Gasteiger partial charge in [0.1, 0.15) is 0 Å². The molecule has 2 aromatic heterocycles. The Bertz CT molecular complexity index is 1640. The van der Waals surface area contributed by atoms with Crippen molar-refractivity contribution in [1.29, 1.82) is 0 Å². The Labute approximate surface area is 237 Å². The minimum atomic E-state index is -1.27. The minimum Gasteiger partial charge on any atom is -0.753 e. The van der Waals surface area contributed by atoms with E-state index in [1.165, 1.54) is 11.1 Å². The summed E-state index contributed by atoms with van der Waals surface area (Å²) in [4.78, 5) is 21.8. The van der Waals surface area contributed by atoms with Crippen molar-refractivity contribution in [3.8, 4) is 11.1 Å². The largest absolute Gasteiger partial charge is 0.753 e. The smallest absolute Gasteiger partial charge is 0.255 e. The van der Waals surface area contributed by atoms with Crippen LogP contribution in [0.4, 0.5) is 11.4 Å². The van der Waals surface area contributed by atoms with Crippen LogP contribution in [0.25, 0.3) is 25.6 Å². The average Bonchev–Trinajstić information content (AvgIpc) is 2.92. The average molecular weight is 709 g/mol. The molecule has 1 amide bonds. The summed E-state index contributed by atoms with van der Waals surface area (Å²) in [6.45, 7) is 0. The topological polar surface area (TPSA) is 102 Å². The highest BCUT2D eigenvalue weighted by Gasteiger charge is 2.12. The van der Waals surface area contributed by atoms with Crippen LogP contribution in [0, 0.1) is 3.57 Å². The zero-order valence-electron chi connectivity index (χ0n) is 19.3. The van der Waals surface area contributed by atoms with Gasteiger partial charge in [-0.3, -0.25) is 14.8 Å². The number of nitrogens with zero attached hydrogens (tertiary/aromatic N) is 5. The molecule has 0 bridgehead atoms. The van der Waals surface area contributed by atoms with Crippen LogP contribution in [-0.4, -0.2) is 15.9 Å². The van der Waals surface area contributed by atoms with Crippen molar-refractivity contribution in [3.05, 3.63) is 121 Å². The van der Waals surface area contributed by atoms with Crippen LogP contribution in [0.5, 0.6) is 0 Å². The highest BCUT2D eigenvalue weighted by atomic mass is 127. The molecule has 0 aliphatic heterocycles. The monoisotopic (exact) mass is 709 g/mol. The molecule has 5 aromatic rings. The number of fused-ring (bicyclic) bond motifs is 1. The first kappa shape index (κ1) is 25.2. The van der Waals surface area contributed by atoms with Gasteiger partial charge in [0.15, 0.2) is 0 Å². The number of carbonyl (C=O) groups excluding carboxylic acids is 1. The molecule has 0 aliphatic rings. The number of rotatable bonds is 7. The fourth-order valence-corrected chi connectivity index (χ4v) is 5.02. The molecule has 0 fully saturated rings. The van der Waals surface area contributed by atoms with Crippen molar-refractivity contribution in [3.63, 3.8) is 0 Å². The highest BCUT2D eigenvalue weighted by molar-refractivity contribution is 14.2. The van der Waals surface area contributed by atoms with E-state index in [1.54, 1.807) is 36.8 Å². The van der Waals surface area contributed by atoms with E-state index >= 15 is 0 Å². The summed E-state index contributed by atoms with van der Waals surface area (Å²) >= 11 is 0.841. The quantitative estimate of drug-likeness (QED) is 0.136. The lowest BCUT2D eigenvalue weighted by molar-refractivity contribution is 0.102. The Morgan fingerprint density at radius 2 is 1.81 bits per heavy atom. The number of pyridine rings is 2. The van der Waals surface area contributed by atoms with Crippen LogP contribution >= 0.6 is 43.9 Å². The van der Waals surface area contributed by atoms with E-state index in [-0.39, 0.29) is 5.91 Å². The first-order chi connectivity index (χ1) is 18.1. The first-order valence-corrected chi connectivity index (χ1v) is 14.3. The van der Waals surface area contributed by atoms with Crippen molar-refractivity contribution < 1.29 is 4.79 Å². The summed E-state index contributed by atoms with van der Waals surface area (Å²) < 4.78 is 13.4. The van der Waals surface area contributed by atoms with E-state index in [1.807, 2.05) is 42.5 Å². The third kappa shape index (κ3) is 6.10. The third-order valence-electron chi connectivity index (χ3n) is 5.74. The second-order valence-electron chi connectivity index (χ2n) is 8.20. The van der Waals surface area contributed by atoms with Crippen molar-refractivity contribution >= 4 is 72.1 Å². The van der Waals surface area contributed by atoms with E-state index in [0.29, 0.717) is 16.9 Å². The molecule has 2 heterocycles.